The Kier molecular flexibility index (Phi) is 4.15. The van der Waals surface area contributed by atoms with Gasteiger partial charge >= 0.3 is 0 Å². The van der Waals surface area contributed by atoms with Gasteiger partial charge in [-0.15, -0.1) is 0 Å². The maximum absolute atomic E-state index is 12.7. The molecule has 5 heteroatoms. The molecule has 1 aromatic rings. The smallest absolute Gasteiger partial charge is 0.250 e. The minimum absolute atomic E-state index is 0.0673. The van der Waals surface area contributed by atoms with Crippen molar-refractivity contribution in [2.45, 2.75) is 70.4 Å². The number of nitriles is 1. The number of amides is 1. The Morgan fingerprint density at radius 2 is 2.04 bits per heavy atom. The fraction of sp³-hybridized carbons (Fsp3) is 0.650. The first-order valence-electron chi connectivity index (χ1n) is 9.55. The fourth-order valence-electron chi connectivity index (χ4n) is 4.40. The molecule has 0 bridgehead atoms. The van der Waals surface area contributed by atoms with Gasteiger partial charge in [-0.1, -0.05) is 18.9 Å². The molecule has 132 valence electrons. The third-order valence-electron chi connectivity index (χ3n) is 6.16. The van der Waals surface area contributed by atoms with Crippen molar-refractivity contribution >= 4 is 5.91 Å². The molecule has 3 aliphatic rings. The van der Waals surface area contributed by atoms with Crippen LogP contribution in [0.15, 0.2) is 16.9 Å². The van der Waals surface area contributed by atoms with Crippen molar-refractivity contribution in [2.75, 3.05) is 0 Å². The Hall–Kier alpha value is -2.09. The monoisotopic (exact) mass is 339 g/mol. The van der Waals surface area contributed by atoms with E-state index in [9.17, 15) is 14.9 Å². The molecule has 1 heterocycles. The van der Waals surface area contributed by atoms with E-state index in [0.29, 0.717) is 18.8 Å². The molecule has 4 rings (SSSR count). The lowest BCUT2D eigenvalue weighted by Gasteiger charge is -2.30. The lowest BCUT2D eigenvalue weighted by atomic mass is 9.85. The minimum atomic E-state index is -0.814. The van der Waals surface area contributed by atoms with Gasteiger partial charge in [0.15, 0.2) is 0 Å². The SMILES string of the molecule is N#CC1(C(=O)N[C@@H]2CCc3c(ccc(=O)n3CC3CC3)C2)CCCC1. The summed E-state index contributed by atoms with van der Waals surface area (Å²) in [6.45, 7) is 0.844. The summed E-state index contributed by atoms with van der Waals surface area (Å²) in [5.74, 6) is 0.576. The maximum Gasteiger partial charge on any atom is 0.250 e. The molecule has 0 aliphatic heterocycles. The third kappa shape index (κ3) is 3.10. The van der Waals surface area contributed by atoms with E-state index < -0.39 is 5.41 Å². The standard InChI is InChI=1S/C20H25N3O2/c21-13-20(9-1-2-10-20)19(25)22-16-6-7-17-15(11-16)5-8-18(24)23(17)12-14-3-4-14/h5,8,14,16H,1-4,6-7,9-12H2,(H,22,25)/t16-/m1/s1. The highest BCUT2D eigenvalue weighted by Gasteiger charge is 2.42. The topological polar surface area (TPSA) is 74.9 Å². The third-order valence-corrected chi connectivity index (χ3v) is 6.16. The van der Waals surface area contributed by atoms with Crippen molar-refractivity contribution in [3.05, 3.63) is 33.7 Å². The fourth-order valence-corrected chi connectivity index (χ4v) is 4.40. The first-order chi connectivity index (χ1) is 12.1. The van der Waals surface area contributed by atoms with Crippen LogP contribution in [0.1, 0.15) is 56.2 Å². The van der Waals surface area contributed by atoms with Crippen LogP contribution in [-0.4, -0.2) is 16.5 Å². The van der Waals surface area contributed by atoms with Crippen molar-refractivity contribution in [1.29, 1.82) is 5.26 Å². The molecule has 0 aromatic carbocycles. The number of rotatable bonds is 4. The zero-order valence-corrected chi connectivity index (χ0v) is 14.6. The van der Waals surface area contributed by atoms with Gasteiger partial charge < -0.3 is 9.88 Å². The summed E-state index contributed by atoms with van der Waals surface area (Å²) in [4.78, 5) is 24.9. The molecule has 2 fully saturated rings. The quantitative estimate of drug-likeness (QED) is 0.915. The van der Waals surface area contributed by atoms with E-state index in [1.54, 1.807) is 6.07 Å². The molecule has 25 heavy (non-hydrogen) atoms. The predicted molar refractivity (Wildman–Crippen MR) is 93.9 cm³/mol. The Balaban J connectivity index is 1.49. The average molecular weight is 339 g/mol. The number of nitrogens with zero attached hydrogens (tertiary/aromatic N) is 2. The van der Waals surface area contributed by atoms with Gasteiger partial charge in [0.25, 0.3) is 5.56 Å². The molecule has 1 aromatic heterocycles. The number of aromatic nitrogens is 1. The summed E-state index contributed by atoms with van der Waals surface area (Å²) in [6, 6.07) is 5.93. The molecule has 2 saturated carbocycles. The lowest BCUT2D eigenvalue weighted by molar-refractivity contribution is -0.128. The highest BCUT2D eigenvalue weighted by Crippen LogP contribution is 2.38. The molecule has 0 unspecified atom stereocenters. The highest BCUT2D eigenvalue weighted by atomic mass is 16.2. The summed E-state index contributed by atoms with van der Waals surface area (Å²) < 4.78 is 1.96. The maximum atomic E-state index is 12.7. The Labute approximate surface area is 148 Å². The van der Waals surface area contributed by atoms with Crippen LogP contribution >= 0.6 is 0 Å². The number of pyridine rings is 1. The molecule has 3 aliphatic carbocycles. The number of carbonyl (C=O) groups is 1. The number of hydrogen-bond donors (Lipinski definition) is 1. The summed E-state index contributed by atoms with van der Waals surface area (Å²) in [5.41, 5.74) is 1.61. The van der Waals surface area contributed by atoms with Crippen molar-refractivity contribution in [2.24, 2.45) is 11.3 Å². The zero-order chi connectivity index (χ0) is 17.4. The van der Waals surface area contributed by atoms with Crippen LogP contribution in [0.2, 0.25) is 0 Å². The van der Waals surface area contributed by atoms with E-state index in [4.69, 9.17) is 0 Å². The second kappa shape index (κ2) is 6.33. The van der Waals surface area contributed by atoms with Gasteiger partial charge in [0, 0.05) is 24.3 Å². The minimum Gasteiger partial charge on any atom is -0.352 e. The van der Waals surface area contributed by atoms with Crippen molar-refractivity contribution in [3.8, 4) is 6.07 Å². The summed E-state index contributed by atoms with van der Waals surface area (Å²) in [6.07, 6.45) is 8.16. The zero-order valence-electron chi connectivity index (χ0n) is 14.6. The van der Waals surface area contributed by atoms with Crippen LogP contribution in [0.5, 0.6) is 0 Å². The van der Waals surface area contributed by atoms with Crippen LogP contribution < -0.4 is 10.9 Å². The van der Waals surface area contributed by atoms with Gasteiger partial charge in [-0.3, -0.25) is 9.59 Å². The van der Waals surface area contributed by atoms with Crippen LogP contribution in [-0.2, 0) is 24.2 Å². The van der Waals surface area contributed by atoms with E-state index >= 15 is 0 Å². The van der Waals surface area contributed by atoms with Crippen LogP contribution in [0, 0.1) is 22.7 Å². The van der Waals surface area contributed by atoms with Crippen LogP contribution in [0.3, 0.4) is 0 Å². The Bertz CT molecular complexity index is 779. The van der Waals surface area contributed by atoms with E-state index in [-0.39, 0.29) is 17.5 Å². The molecule has 0 radical (unpaired) electrons. The molecule has 5 nitrogen and oxygen atoms in total. The molecule has 0 saturated heterocycles. The van der Waals surface area contributed by atoms with Gasteiger partial charge in [0.1, 0.15) is 5.41 Å². The van der Waals surface area contributed by atoms with Crippen molar-refractivity contribution < 1.29 is 4.79 Å². The summed E-state index contributed by atoms with van der Waals surface area (Å²) >= 11 is 0. The molecular weight excluding hydrogens is 314 g/mol. The largest absolute Gasteiger partial charge is 0.352 e. The number of nitrogens with one attached hydrogen (secondary N) is 1. The highest BCUT2D eigenvalue weighted by molar-refractivity contribution is 5.86. The normalized spacial score (nSPS) is 24.4. The van der Waals surface area contributed by atoms with Gasteiger partial charge in [-0.2, -0.15) is 5.26 Å². The molecule has 1 N–H and O–H groups in total. The molecule has 0 spiro atoms. The first kappa shape index (κ1) is 16.4. The molecule has 1 atom stereocenters. The van der Waals surface area contributed by atoms with E-state index in [1.165, 1.54) is 18.4 Å². The van der Waals surface area contributed by atoms with Gasteiger partial charge in [-0.25, -0.2) is 0 Å². The number of carbonyl (C=O) groups excluding carboxylic acids is 1. The average Bonchev–Trinajstić information content (AvgIpc) is 3.30. The first-order valence-corrected chi connectivity index (χ1v) is 9.55. The van der Waals surface area contributed by atoms with Crippen LogP contribution in [0.25, 0.3) is 0 Å². The Morgan fingerprint density at radius 1 is 1.28 bits per heavy atom. The molecular formula is C20H25N3O2. The van der Waals surface area contributed by atoms with E-state index in [0.717, 1.165) is 44.3 Å². The second-order valence-electron chi connectivity index (χ2n) is 8.01. The number of hydrogen-bond acceptors (Lipinski definition) is 3. The second-order valence-corrected chi connectivity index (χ2v) is 8.01. The predicted octanol–water partition coefficient (Wildman–Crippen LogP) is 2.32. The van der Waals surface area contributed by atoms with E-state index in [2.05, 4.69) is 11.4 Å². The number of fused-ring (bicyclic) bond motifs is 1. The summed E-state index contributed by atoms with van der Waals surface area (Å²) in [5, 5.41) is 12.6. The lowest BCUT2D eigenvalue weighted by Crippen LogP contribution is -2.46. The Morgan fingerprint density at radius 3 is 2.72 bits per heavy atom. The van der Waals surface area contributed by atoms with E-state index in [1.807, 2.05) is 10.6 Å². The van der Waals surface area contributed by atoms with Crippen LogP contribution in [0.4, 0.5) is 0 Å². The van der Waals surface area contributed by atoms with Gasteiger partial charge in [0.05, 0.1) is 6.07 Å². The summed E-state index contributed by atoms with van der Waals surface area (Å²) in [7, 11) is 0. The van der Waals surface area contributed by atoms with Crippen molar-refractivity contribution in [3.63, 3.8) is 0 Å². The van der Waals surface area contributed by atoms with Gasteiger partial charge in [-0.05, 0) is 56.4 Å². The van der Waals surface area contributed by atoms with Gasteiger partial charge in [0.2, 0.25) is 5.91 Å². The van der Waals surface area contributed by atoms with Crippen molar-refractivity contribution in [1.82, 2.24) is 9.88 Å². The molecule has 1 amide bonds.